The van der Waals surface area contributed by atoms with E-state index >= 15 is 0 Å². The van der Waals surface area contributed by atoms with Crippen LogP contribution in [0.5, 0.6) is 0 Å². The van der Waals surface area contributed by atoms with Crippen molar-refractivity contribution >= 4 is 78.0 Å². The molecule has 0 saturated carbocycles. The van der Waals surface area contributed by atoms with Gasteiger partial charge < -0.3 is 10.2 Å². The number of carbonyl (C=O) groups excluding carboxylic acids is 2. The Bertz CT molecular complexity index is 2020. The second kappa shape index (κ2) is 12.3. The normalized spacial score (nSPS) is 16.7. The van der Waals surface area contributed by atoms with Gasteiger partial charge in [0.2, 0.25) is 22.6 Å². The zero-order valence-corrected chi connectivity index (χ0v) is 27.4. The second-order valence-electron chi connectivity index (χ2n) is 11.6. The fraction of sp³-hybridized carbons (Fsp3) is 0.211. The largest absolute Gasteiger partial charge is 0.506 e. The molecular formula is C38H34N2O4S2+2. The highest BCUT2D eigenvalue weighted by atomic mass is 32.1. The molecule has 7 rings (SSSR count). The third-order valence-electron chi connectivity index (χ3n) is 8.67. The van der Waals surface area contributed by atoms with Crippen molar-refractivity contribution in [2.75, 3.05) is 0 Å². The van der Waals surface area contributed by atoms with E-state index in [0.717, 1.165) is 69.2 Å². The van der Waals surface area contributed by atoms with Crippen LogP contribution >= 0.6 is 22.7 Å². The molecule has 0 saturated heterocycles. The van der Waals surface area contributed by atoms with Crippen LogP contribution in [0.25, 0.3) is 43.7 Å². The molecular weight excluding hydrogens is 613 g/mol. The van der Waals surface area contributed by atoms with Gasteiger partial charge in [0.15, 0.2) is 13.1 Å². The Morgan fingerprint density at radius 1 is 0.609 bits per heavy atom. The number of para-hydroxylation sites is 2. The Morgan fingerprint density at radius 3 is 1.37 bits per heavy atom. The standard InChI is InChI=1S/C38H32N2O4S2/c1-3-5-19-39-27-11-7-9-13-29(27)45-31(39)21-25-35(41)33(36(25)42)23-15-17-24(18-16-23)34-37(43)26(38(34)44)22-32-40(20-6-4-2)28-12-8-10-14-30(28)46-32/h7-18,21-22H,3-6,19-20H2,1-2H3/p+2. The van der Waals surface area contributed by atoms with Gasteiger partial charge in [0, 0.05) is 37.1 Å². The number of allylic oxidation sites excluding steroid dienone is 4. The molecule has 6 nitrogen and oxygen atoms in total. The average molecular weight is 647 g/mol. The molecule has 46 heavy (non-hydrogen) atoms. The monoisotopic (exact) mass is 646 g/mol. The molecule has 2 aliphatic carbocycles. The van der Waals surface area contributed by atoms with E-state index in [9.17, 15) is 19.8 Å². The summed E-state index contributed by atoms with van der Waals surface area (Å²) in [7, 11) is 0. The van der Waals surface area contributed by atoms with Gasteiger partial charge in [-0.3, -0.25) is 9.59 Å². The van der Waals surface area contributed by atoms with Gasteiger partial charge in [-0.25, -0.2) is 0 Å². The van der Waals surface area contributed by atoms with Crippen LogP contribution in [0.2, 0.25) is 0 Å². The van der Waals surface area contributed by atoms with Gasteiger partial charge in [-0.2, -0.15) is 9.13 Å². The van der Waals surface area contributed by atoms with Crippen molar-refractivity contribution in [3.05, 3.63) is 117 Å². The number of Topliss-reactive ketones (excluding diaryl/α,β-unsaturated/α-hetero) is 2. The van der Waals surface area contributed by atoms with Crippen molar-refractivity contribution in [1.29, 1.82) is 0 Å². The lowest BCUT2D eigenvalue weighted by atomic mass is 9.80. The number of nitrogens with zero attached hydrogens (tertiary/aromatic N) is 2. The third-order valence-corrected chi connectivity index (χ3v) is 10.9. The maximum Gasteiger partial charge on any atom is 0.263 e. The Morgan fingerprint density at radius 2 is 1.00 bits per heavy atom. The highest BCUT2D eigenvalue weighted by Gasteiger charge is 2.38. The molecule has 2 aliphatic rings. The molecule has 0 bridgehead atoms. The minimum absolute atomic E-state index is 0.0241. The summed E-state index contributed by atoms with van der Waals surface area (Å²) in [5.74, 6) is -0.471. The van der Waals surface area contributed by atoms with E-state index in [-0.39, 0.29) is 34.2 Å². The van der Waals surface area contributed by atoms with Crippen LogP contribution in [-0.2, 0) is 22.7 Å². The topological polar surface area (TPSA) is 82.4 Å². The molecule has 0 aliphatic heterocycles. The van der Waals surface area contributed by atoms with Crippen molar-refractivity contribution in [1.82, 2.24) is 0 Å². The summed E-state index contributed by atoms with van der Waals surface area (Å²) < 4.78 is 6.70. The first-order valence-electron chi connectivity index (χ1n) is 15.7. The first-order chi connectivity index (χ1) is 22.4. The molecule has 230 valence electrons. The van der Waals surface area contributed by atoms with Crippen LogP contribution in [0.4, 0.5) is 0 Å². The van der Waals surface area contributed by atoms with Crippen molar-refractivity contribution in [3.63, 3.8) is 0 Å². The molecule has 0 amide bonds. The van der Waals surface area contributed by atoms with Crippen molar-refractivity contribution in [3.8, 4) is 0 Å². The predicted octanol–water partition coefficient (Wildman–Crippen LogP) is 8.16. The van der Waals surface area contributed by atoms with E-state index in [2.05, 4.69) is 47.2 Å². The summed E-state index contributed by atoms with van der Waals surface area (Å²) in [6.45, 7) is 5.99. The SMILES string of the molecule is CCCC[n+]1c(/C=C2/C(=O)C(c3ccc(C4=C(O)/C(=C\c5sc6ccccc6[n+]5CCCC)C4=O)cc3)=C2O)sc2ccccc21. The number of aliphatic hydroxyl groups excluding tert-OH is 2. The molecule has 0 radical (unpaired) electrons. The summed E-state index contributed by atoms with van der Waals surface area (Å²) in [6, 6.07) is 23.2. The lowest BCUT2D eigenvalue weighted by molar-refractivity contribution is -0.669. The molecule has 3 aromatic carbocycles. The van der Waals surface area contributed by atoms with Crippen LogP contribution in [0.3, 0.4) is 0 Å². The zero-order valence-electron chi connectivity index (χ0n) is 25.7. The fourth-order valence-corrected chi connectivity index (χ4v) is 8.37. The number of aryl methyl sites for hydroxylation is 2. The number of rotatable bonds is 10. The van der Waals surface area contributed by atoms with Crippen molar-refractivity contribution < 1.29 is 28.9 Å². The van der Waals surface area contributed by atoms with Crippen LogP contribution in [0.1, 0.15) is 60.7 Å². The van der Waals surface area contributed by atoms with Crippen LogP contribution in [0.15, 0.2) is 95.5 Å². The maximum absolute atomic E-state index is 13.3. The molecule has 0 atom stereocenters. The molecule has 2 heterocycles. The zero-order chi connectivity index (χ0) is 31.9. The number of ketones is 2. The quantitative estimate of drug-likeness (QED) is 0.119. The Hall–Kier alpha value is -4.66. The molecule has 0 fully saturated rings. The third kappa shape index (κ3) is 5.02. The van der Waals surface area contributed by atoms with Gasteiger partial charge in [-0.15, -0.1) is 0 Å². The van der Waals surface area contributed by atoms with Gasteiger partial charge in [0.1, 0.15) is 20.9 Å². The van der Waals surface area contributed by atoms with Crippen LogP contribution in [-0.4, -0.2) is 21.8 Å². The molecule has 0 unspecified atom stereocenters. The number of unbranched alkanes of at least 4 members (excludes halogenated alkanes) is 2. The first kappa shape index (κ1) is 30.0. The summed E-state index contributed by atoms with van der Waals surface area (Å²) in [5, 5.41) is 23.8. The number of thiazole rings is 2. The van der Waals surface area contributed by atoms with Crippen molar-refractivity contribution in [2.24, 2.45) is 0 Å². The number of benzene rings is 3. The number of fused-ring (bicyclic) bond motifs is 2. The van der Waals surface area contributed by atoms with Gasteiger partial charge in [0.25, 0.3) is 10.0 Å². The van der Waals surface area contributed by atoms with E-state index in [1.54, 1.807) is 59.1 Å². The summed E-state index contributed by atoms with van der Waals surface area (Å²) in [5.41, 5.74) is 4.53. The Labute approximate surface area is 275 Å². The molecule has 2 N–H and O–H groups in total. The van der Waals surface area contributed by atoms with Crippen LogP contribution in [0, 0.1) is 0 Å². The highest BCUT2D eigenvalue weighted by Crippen LogP contribution is 2.41. The minimum Gasteiger partial charge on any atom is -0.506 e. The smallest absolute Gasteiger partial charge is 0.263 e. The lowest BCUT2D eigenvalue weighted by Gasteiger charge is -2.23. The molecule has 5 aromatic rings. The number of aromatic nitrogens is 2. The van der Waals surface area contributed by atoms with Gasteiger partial charge in [-0.05, 0) is 23.3 Å². The Kier molecular flexibility index (Phi) is 8.01. The highest BCUT2D eigenvalue weighted by molar-refractivity contribution is 7.19. The predicted molar refractivity (Wildman–Crippen MR) is 185 cm³/mol. The van der Waals surface area contributed by atoms with E-state index < -0.39 is 0 Å². The first-order valence-corrected chi connectivity index (χ1v) is 17.4. The molecule has 0 spiro atoms. The van der Waals surface area contributed by atoms with E-state index in [1.807, 2.05) is 24.3 Å². The average Bonchev–Trinajstić information content (AvgIpc) is 3.62. The number of aliphatic hydroxyl groups is 2. The van der Waals surface area contributed by atoms with Gasteiger partial charge in [-0.1, -0.05) is 97.9 Å². The molecule has 8 heteroatoms. The second-order valence-corrected chi connectivity index (χ2v) is 13.7. The van der Waals surface area contributed by atoms with Gasteiger partial charge in [0.05, 0.1) is 22.3 Å². The van der Waals surface area contributed by atoms with E-state index in [1.165, 1.54) is 0 Å². The lowest BCUT2D eigenvalue weighted by Crippen LogP contribution is -2.35. The summed E-state index contributed by atoms with van der Waals surface area (Å²) >= 11 is 3.22. The maximum atomic E-state index is 13.3. The minimum atomic E-state index is -0.212. The Balaban J connectivity index is 1.16. The molecule has 2 aromatic heterocycles. The summed E-state index contributed by atoms with van der Waals surface area (Å²) in [4.78, 5) is 26.6. The fourth-order valence-electron chi connectivity index (χ4n) is 6.11. The number of hydrogen-bond acceptors (Lipinski definition) is 6. The number of carbonyl (C=O) groups is 2. The van der Waals surface area contributed by atoms with Crippen molar-refractivity contribution in [2.45, 2.75) is 52.6 Å². The summed E-state index contributed by atoms with van der Waals surface area (Å²) in [6.07, 6.45) is 7.74. The van der Waals surface area contributed by atoms with E-state index in [0.29, 0.717) is 22.3 Å². The van der Waals surface area contributed by atoms with Gasteiger partial charge >= 0.3 is 0 Å². The number of hydrogen-bond donors (Lipinski definition) is 2. The van der Waals surface area contributed by atoms with E-state index in [4.69, 9.17) is 0 Å². The van der Waals surface area contributed by atoms with Crippen LogP contribution < -0.4 is 9.13 Å².